The molecule has 1 aromatic rings. The number of aryl methyl sites for hydroxylation is 2. The molecule has 0 radical (unpaired) electrons. The van der Waals surface area contributed by atoms with E-state index in [0.717, 1.165) is 17.8 Å². The SMILES string of the molecule is CCC(C)(N)COc1nnc(C)c(C)n1. The second kappa shape index (κ2) is 4.53. The molecule has 1 atom stereocenters. The molecule has 5 heteroatoms. The first-order valence-corrected chi connectivity index (χ1v) is 5.04. The Balaban J connectivity index is 2.62. The van der Waals surface area contributed by atoms with Crippen LogP contribution in [0, 0.1) is 13.8 Å². The lowest BCUT2D eigenvalue weighted by Crippen LogP contribution is -2.41. The first-order valence-electron chi connectivity index (χ1n) is 5.04. The first kappa shape index (κ1) is 11.8. The number of ether oxygens (including phenoxy) is 1. The third kappa shape index (κ3) is 3.43. The topological polar surface area (TPSA) is 73.9 Å². The minimum atomic E-state index is -0.345. The first-order chi connectivity index (χ1) is 6.94. The quantitative estimate of drug-likeness (QED) is 0.802. The maximum Gasteiger partial charge on any atom is 0.335 e. The Morgan fingerprint density at radius 1 is 1.27 bits per heavy atom. The van der Waals surface area contributed by atoms with Gasteiger partial charge in [0.15, 0.2) is 0 Å². The fraction of sp³-hybridized carbons (Fsp3) is 0.700. The predicted molar refractivity (Wildman–Crippen MR) is 57.7 cm³/mol. The van der Waals surface area contributed by atoms with E-state index in [4.69, 9.17) is 10.5 Å². The van der Waals surface area contributed by atoms with Crippen molar-refractivity contribution in [2.75, 3.05) is 6.61 Å². The Morgan fingerprint density at radius 3 is 2.47 bits per heavy atom. The monoisotopic (exact) mass is 210 g/mol. The lowest BCUT2D eigenvalue weighted by molar-refractivity contribution is 0.208. The zero-order valence-corrected chi connectivity index (χ0v) is 9.74. The zero-order valence-electron chi connectivity index (χ0n) is 9.74. The van der Waals surface area contributed by atoms with Crippen molar-refractivity contribution in [3.8, 4) is 6.01 Å². The van der Waals surface area contributed by atoms with Crippen LogP contribution < -0.4 is 10.5 Å². The van der Waals surface area contributed by atoms with Gasteiger partial charge in [-0.15, -0.1) is 5.10 Å². The molecule has 0 spiro atoms. The molecule has 84 valence electrons. The summed E-state index contributed by atoms with van der Waals surface area (Å²) in [6.45, 7) is 8.08. The van der Waals surface area contributed by atoms with E-state index in [0.29, 0.717) is 12.6 Å². The van der Waals surface area contributed by atoms with Gasteiger partial charge in [-0.2, -0.15) is 4.98 Å². The fourth-order valence-corrected chi connectivity index (χ4v) is 0.829. The molecule has 1 rings (SSSR count). The van der Waals surface area contributed by atoms with Crippen molar-refractivity contribution in [3.05, 3.63) is 11.4 Å². The van der Waals surface area contributed by atoms with Crippen LogP contribution in [0.4, 0.5) is 0 Å². The number of rotatable bonds is 4. The van der Waals surface area contributed by atoms with E-state index < -0.39 is 0 Å². The minimum absolute atomic E-state index is 0.295. The van der Waals surface area contributed by atoms with E-state index in [-0.39, 0.29) is 5.54 Å². The normalized spacial score (nSPS) is 14.7. The smallest absolute Gasteiger partial charge is 0.335 e. The summed E-state index contributed by atoms with van der Waals surface area (Å²) >= 11 is 0. The average molecular weight is 210 g/mol. The summed E-state index contributed by atoms with van der Waals surface area (Å²) < 4.78 is 5.39. The number of nitrogens with zero attached hydrogens (tertiary/aromatic N) is 3. The largest absolute Gasteiger partial charge is 0.460 e. The number of hydrogen-bond donors (Lipinski definition) is 1. The second-order valence-electron chi connectivity index (χ2n) is 4.06. The van der Waals surface area contributed by atoms with Crippen LogP contribution in [0.25, 0.3) is 0 Å². The highest BCUT2D eigenvalue weighted by Gasteiger charge is 2.17. The molecule has 1 heterocycles. The van der Waals surface area contributed by atoms with Crippen molar-refractivity contribution in [3.63, 3.8) is 0 Å². The minimum Gasteiger partial charge on any atom is -0.460 e. The summed E-state index contributed by atoms with van der Waals surface area (Å²) in [7, 11) is 0. The molecule has 0 aliphatic heterocycles. The number of nitrogens with two attached hydrogens (primary N) is 1. The van der Waals surface area contributed by atoms with Gasteiger partial charge in [-0.25, -0.2) is 0 Å². The van der Waals surface area contributed by atoms with Gasteiger partial charge in [0.1, 0.15) is 6.61 Å². The Kier molecular flexibility index (Phi) is 3.57. The van der Waals surface area contributed by atoms with Crippen LogP contribution in [-0.2, 0) is 0 Å². The van der Waals surface area contributed by atoms with Gasteiger partial charge >= 0.3 is 6.01 Å². The summed E-state index contributed by atoms with van der Waals surface area (Å²) in [5.74, 6) is 0. The highest BCUT2D eigenvalue weighted by molar-refractivity contribution is 5.07. The molecular formula is C10H18N4O. The fourth-order valence-electron chi connectivity index (χ4n) is 0.829. The Morgan fingerprint density at radius 2 is 1.93 bits per heavy atom. The molecule has 0 aliphatic carbocycles. The van der Waals surface area contributed by atoms with E-state index >= 15 is 0 Å². The van der Waals surface area contributed by atoms with Gasteiger partial charge in [-0.05, 0) is 27.2 Å². The van der Waals surface area contributed by atoms with Crippen molar-refractivity contribution >= 4 is 0 Å². The lowest BCUT2D eigenvalue weighted by atomic mass is 10.0. The summed E-state index contributed by atoms with van der Waals surface area (Å²) in [6, 6.07) is 0.295. The van der Waals surface area contributed by atoms with E-state index in [9.17, 15) is 0 Å². The summed E-state index contributed by atoms with van der Waals surface area (Å²) in [6.07, 6.45) is 0.839. The number of aromatic nitrogens is 3. The summed E-state index contributed by atoms with van der Waals surface area (Å²) in [5.41, 5.74) is 7.23. The molecule has 2 N–H and O–H groups in total. The van der Waals surface area contributed by atoms with E-state index in [1.54, 1.807) is 0 Å². The molecule has 0 aromatic carbocycles. The Hall–Kier alpha value is -1.23. The molecule has 0 aliphatic rings. The molecule has 0 saturated carbocycles. The van der Waals surface area contributed by atoms with Crippen molar-refractivity contribution in [2.24, 2.45) is 5.73 Å². The van der Waals surface area contributed by atoms with Crippen LogP contribution in [-0.4, -0.2) is 27.3 Å². The molecular weight excluding hydrogens is 192 g/mol. The Labute approximate surface area is 90.1 Å². The van der Waals surface area contributed by atoms with Crippen LogP contribution in [0.3, 0.4) is 0 Å². The van der Waals surface area contributed by atoms with Crippen molar-refractivity contribution in [1.29, 1.82) is 0 Å². The second-order valence-corrected chi connectivity index (χ2v) is 4.06. The molecule has 0 bridgehead atoms. The molecule has 1 aromatic heterocycles. The lowest BCUT2D eigenvalue weighted by Gasteiger charge is -2.21. The van der Waals surface area contributed by atoms with Gasteiger partial charge in [0.2, 0.25) is 0 Å². The summed E-state index contributed by atoms with van der Waals surface area (Å²) in [5, 5.41) is 7.76. The van der Waals surface area contributed by atoms with Crippen molar-refractivity contribution in [2.45, 2.75) is 39.7 Å². The third-order valence-corrected chi connectivity index (χ3v) is 2.41. The third-order valence-electron chi connectivity index (χ3n) is 2.41. The van der Waals surface area contributed by atoms with E-state index in [2.05, 4.69) is 15.2 Å². The molecule has 0 saturated heterocycles. The van der Waals surface area contributed by atoms with E-state index in [1.165, 1.54) is 0 Å². The van der Waals surface area contributed by atoms with Gasteiger partial charge in [0.05, 0.1) is 11.4 Å². The highest BCUT2D eigenvalue weighted by atomic mass is 16.5. The molecule has 5 nitrogen and oxygen atoms in total. The number of hydrogen-bond acceptors (Lipinski definition) is 5. The maximum atomic E-state index is 5.93. The van der Waals surface area contributed by atoms with Crippen LogP contribution in [0.1, 0.15) is 31.7 Å². The predicted octanol–water partition coefficient (Wildman–Crippen LogP) is 0.995. The van der Waals surface area contributed by atoms with Crippen LogP contribution >= 0.6 is 0 Å². The van der Waals surface area contributed by atoms with Crippen LogP contribution in [0.5, 0.6) is 6.01 Å². The van der Waals surface area contributed by atoms with Crippen LogP contribution in [0.15, 0.2) is 0 Å². The standard InChI is InChI=1S/C10H18N4O/c1-5-10(4,11)6-15-9-12-7(2)8(3)13-14-9/h5-6,11H2,1-4H3. The summed E-state index contributed by atoms with van der Waals surface area (Å²) in [4.78, 5) is 4.16. The van der Waals surface area contributed by atoms with Gasteiger partial charge in [0, 0.05) is 5.54 Å². The van der Waals surface area contributed by atoms with Crippen molar-refractivity contribution < 1.29 is 4.74 Å². The Bertz CT molecular complexity index is 338. The van der Waals surface area contributed by atoms with Gasteiger partial charge in [-0.3, -0.25) is 0 Å². The van der Waals surface area contributed by atoms with E-state index in [1.807, 2.05) is 27.7 Å². The molecule has 0 fully saturated rings. The van der Waals surface area contributed by atoms with Gasteiger partial charge in [-0.1, -0.05) is 12.0 Å². The van der Waals surface area contributed by atoms with Crippen LogP contribution in [0.2, 0.25) is 0 Å². The van der Waals surface area contributed by atoms with Gasteiger partial charge in [0.25, 0.3) is 0 Å². The van der Waals surface area contributed by atoms with Crippen molar-refractivity contribution in [1.82, 2.24) is 15.2 Å². The van der Waals surface area contributed by atoms with Gasteiger partial charge < -0.3 is 10.5 Å². The average Bonchev–Trinajstić information content (AvgIpc) is 2.20. The highest BCUT2D eigenvalue weighted by Crippen LogP contribution is 2.09. The molecule has 1 unspecified atom stereocenters. The maximum absolute atomic E-state index is 5.93. The molecule has 15 heavy (non-hydrogen) atoms. The zero-order chi connectivity index (χ0) is 11.5. The molecule has 0 amide bonds.